The molecular weight excluding hydrogens is 302 g/mol. The first kappa shape index (κ1) is 15.6. The van der Waals surface area contributed by atoms with E-state index in [9.17, 15) is 9.59 Å². The van der Waals surface area contributed by atoms with Crippen molar-refractivity contribution >= 4 is 11.8 Å². The molecule has 1 aromatic rings. The largest absolute Gasteiger partial charge is 0.335 e. The summed E-state index contributed by atoms with van der Waals surface area (Å²) in [5, 5.41) is 0. The zero-order chi connectivity index (χ0) is 17.1. The number of rotatable bonds is 1. The average Bonchev–Trinajstić information content (AvgIpc) is 2.83. The van der Waals surface area contributed by atoms with E-state index < -0.39 is 0 Å². The highest BCUT2D eigenvalue weighted by Crippen LogP contribution is 2.54. The summed E-state index contributed by atoms with van der Waals surface area (Å²) in [6.45, 7) is 6.50. The van der Waals surface area contributed by atoms with Gasteiger partial charge in [-0.2, -0.15) is 0 Å². The molecule has 5 nitrogen and oxygen atoms in total. The number of carbonyl (C=O) groups is 2. The van der Waals surface area contributed by atoms with Gasteiger partial charge in [0.15, 0.2) is 0 Å². The summed E-state index contributed by atoms with van der Waals surface area (Å²) in [5.41, 5.74) is 1.40. The van der Waals surface area contributed by atoms with Crippen LogP contribution in [0.5, 0.6) is 0 Å². The number of aryl methyl sites for hydroxylation is 1. The number of amides is 2. The SMILES string of the molecule is CC(=O)N1[C@@H]2CN(C(=O)c3cccc(C)n3)[C@@H]3CCC[C@H]1[C@]3(C)C2. The predicted molar refractivity (Wildman–Crippen MR) is 90.5 cm³/mol. The smallest absolute Gasteiger partial charge is 0.272 e. The van der Waals surface area contributed by atoms with E-state index in [1.54, 1.807) is 13.0 Å². The zero-order valence-corrected chi connectivity index (χ0v) is 14.7. The molecule has 0 unspecified atom stereocenters. The minimum absolute atomic E-state index is 0.0191. The zero-order valence-electron chi connectivity index (χ0n) is 14.7. The van der Waals surface area contributed by atoms with Crippen molar-refractivity contribution in [1.82, 2.24) is 14.8 Å². The lowest BCUT2D eigenvalue weighted by atomic mass is 9.65. The van der Waals surface area contributed by atoms with E-state index in [0.29, 0.717) is 12.2 Å². The fourth-order valence-corrected chi connectivity index (χ4v) is 5.50. The first-order chi connectivity index (χ1) is 11.4. The van der Waals surface area contributed by atoms with Crippen LogP contribution in [0.2, 0.25) is 0 Å². The number of aromatic nitrogens is 1. The molecule has 3 fully saturated rings. The minimum atomic E-state index is 0.0191. The summed E-state index contributed by atoms with van der Waals surface area (Å²) in [4.78, 5) is 33.9. The highest BCUT2D eigenvalue weighted by molar-refractivity contribution is 5.93. The van der Waals surface area contributed by atoms with Crippen LogP contribution in [-0.2, 0) is 4.79 Å². The van der Waals surface area contributed by atoms with E-state index >= 15 is 0 Å². The Morgan fingerprint density at radius 2 is 2.00 bits per heavy atom. The summed E-state index contributed by atoms with van der Waals surface area (Å²) < 4.78 is 0. The Kier molecular flexibility index (Phi) is 3.44. The highest BCUT2D eigenvalue weighted by Gasteiger charge is 2.61. The van der Waals surface area contributed by atoms with Crippen molar-refractivity contribution in [3.63, 3.8) is 0 Å². The molecule has 2 aliphatic heterocycles. The molecule has 0 N–H and O–H groups in total. The Morgan fingerprint density at radius 1 is 1.25 bits per heavy atom. The molecule has 5 heteroatoms. The van der Waals surface area contributed by atoms with E-state index in [0.717, 1.165) is 31.4 Å². The Bertz CT molecular complexity index is 704. The Hall–Kier alpha value is -1.91. The van der Waals surface area contributed by atoms with Gasteiger partial charge in [0.25, 0.3) is 5.91 Å². The topological polar surface area (TPSA) is 53.5 Å². The molecule has 4 rings (SSSR count). The minimum Gasteiger partial charge on any atom is -0.335 e. The molecule has 0 radical (unpaired) electrons. The lowest BCUT2D eigenvalue weighted by Crippen LogP contribution is -2.57. The first-order valence-electron chi connectivity index (χ1n) is 8.95. The predicted octanol–water partition coefficient (Wildman–Crippen LogP) is 2.39. The summed E-state index contributed by atoms with van der Waals surface area (Å²) in [6, 6.07) is 6.25. The van der Waals surface area contributed by atoms with Crippen molar-refractivity contribution in [2.24, 2.45) is 5.41 Å². The molecule has 3 heterocycles. The average molecular weight is 327 g/mol. The molecule has 1 saturated carbocycles. The summed E-state index contributed by atoms with van der Waals surface area (Å²) in [6.07, 6.45) is 4.19. The Balaban J connectivity index is 1.71. The van der Waals surface area contributed by atoms with E-state index in [4.69, 9.17) is 0 Å². The third kappa shape index (κ3) is 2.10. The van der Waals surface area contributed by atoms with Gasteiger partial charge in [0.1, 0.15) is 5.69 Å². The summed E-state index contributed by atoms with van der Waals surface area (Å²) in [5.74, 6) is 0.169. The van der Waals surface area contributed by atoms with E-state index in [-0.39, 0.29) is 35.4 Å². The molecule has 0 aromatic carbocycles. The molecule has 24 heavy (non-hydrogen) atoms. The molecule has 1 aromatic heterocycles. The first-order valence-corrected chi connectivity index (χ1v) is 8.95. The molecule has 2 saturated heterocycles. The van der Waals surface area contributed by atoms with Crippen molar-refractivity contribution in [2.45, 2.75) is 64.6 Å². The summed E-state index contributed by atoms with van der Waals surface area (Å²) >= 11 is 0. The second kappa shape index (κ2) is 5.30. The van der Waals surface area contributed by atoms with Crippen molar-refractivity contribution in [3.8, 4) is 0 Å². The molecular formula is C19H25N3O2. The van der Waals surface area contributed by atoms with Gasteiger partial charge in [-0.1, -0.05) is 13.0 Å². The fraction of sp³-hybridized carbons (Fsp3) is 0.632. The Morgan fingerprint density at radius 3 is 2.71 bits per heavy atom. The maximum atomic E-state index is 13.1. The molecule has 3 aliphatic rings. The summed E-state index contributed by atoms with van der Waals surface area (Å²) in [7, 11) is 0. The van der Waals surface area contributed by atoms with E-state index in [2.05, 4.69) is 16.8 Å². The number of hydrogen-bond donors (Lipinski definition) is 0. The fourth-order valence-electron chi connectivity index (χ4n) is 5.50. The van der Waals surface area contributed by atoms with Crippen molar-refractivity contribution in [1.29, 1.82) is 0 Å². The number of piperidine rings is 1. The van der Waals surface area contributed by atoms with Gasteiger partial charge >= 0.3 is 0 Å². The number of hydrogen-bond acceptors (Lipinski definition) is 3. The van der Waals surface area contributed by atoms with Gasteiger partial charge in [-0.3, -0.25) is 9.59 Å². The van der Waals surface area contributed by atoms with Gasteiger partial charge in [-0.15, -0.1) is 0 Å². The van der Waals surface area contributed by atoms with Gasteiger partial charge in [0.2, 0.25) is 5.91 Å². The monoisotopic (exact) mass is 327 g/mol. The van der Waals surface area contributed by atoms with Crippen LogP contribution in [-0.4, -0.2) is 51.3 Å². The van der Waals surface area contributed by atoms with Crippen molar-refractivity contribution < 1.29 is 9.59 Å². The van der Waals surface area contributed by atoms with Crippen LogP contribution in [0.1, 0.15) is 55.7 Å². The lowest BCUT2D eigenvalue weighted by Gasteiger charge is -2.49. The molecule has 4 atom stereocenters. The van der Waals surface area contributed by atoms with Gasteiger partial charge in [-0.05, 0) is 44.7 Å². The lowest BCUT2D eigenvalue weighted by molar-refractivity contribution is -0.132. The third-order valence-electron chi connectivity index (χ3n) is 6.40. The maximum Gasteiger partial charge on any atom is 0.272 e. The van der Waals surface area contributed by atoms with Gasteiger partial charge in [-0.25, -0.2) is 4.98 Å². The van der Waals surface area contributed by atoms with Crippen LogP contribution in [0, 0.1) is 12.3 Å². The molecule has 2 amide bonds. The number of carbonyl (C=O) groups excluding carboxylic acids is 2. The quantitative estimate of drug-likeness (QED) is 0.796. The standard InChI is InChI=1S/C19H25N3O2/c1-12-6-4-7-15(20-12)18(24)21-11-14-10-19(3)16(21)8-5-9-17(19)22(14)13(2)23/h4,6-7,14,16-17H,5,8-11H2,1-3H3/t14-,16+,17-,19+/m0/s1. The number of fused-ring (bicyclic) bond motifs is 1. The Labute approximate surface area is 143 Å². The second-order valence-electron chi connectivity index (χ2n) is 7.87. The molecule has 2 bridgehead atoms. The highest BCUT2D eigenvalue weighted by atomic mass is 16.2. The van der Waals surface area contributed by atoms with Gasteiger partial charge in [0.05, 0.1) is 6.04 Å². The normalized spacial score (nSPS) is 34.4. The van der Waals surface area contributed by atoms with Crippen LogP contribution >= 0.6 is 0 Å². The van der Waals surface area contributed by atoms with Crippen molar-refractivity contribution in [2.75, 3.05) is 6.54 Å². The van der Waals surface area contributed by atoms with Crippen molar-refractivity contribution in [3.05, 3.63) is 29.6 Å². The number of pyridine rings is 1. The van der Waals surface area contributed by atoms with Crippen LogP contribution < -0.4 is 0 Å². The van der Waals surface area contributed by atoms with Gasteiger partial charge in [0, 0.05) is 36.7 Å². The third-order valence-corrected chi connectivity index (χ3v) is 6.40. The van der Waals surface area contributed by atoms with E-state index in [1.165, 1.54) is 0 Å². The number of nitrogens with zero attached hydrogens (tertiary/aromatic N) is 3. The second-order valence-corrected chi connectivity index (χ2v) is 7.87. The molecule has 128 valence electrons. The molecule has 0 spiro atoms. The van der Waals surface area contributed by atoms with E-state index in [1.807, 2.05) is 24.0 Å². The van der Waals surface area contributed by atoms with Crippen LogP contribution in [0.4, 0.5) is 0 Å². The number of likely N-dealkylation sites (tertiary alicyclic amines) is 2. The van der Waals surface area contributed by atoms with Crippen LogP contribution in [0.25, 0.3) is 0 Å². The maximum absolute atomic E-state index is 13.1. The van der Waals surface area contributed by atoms with Gasteiger partial charge < -0.3 is 9.80 Å². The molecule has 1 aliphatic carbocycles. The van der Waals surface area contributed by atoms with Crippen LogP contribution in [0.15, 0.2) is 18.2 Å². The van der Waals surface area contributed by atoms with Crippen LogP contribution in [0.3, 0.4) is 0 Å².